The monoisotopic (exact) mass is 220 g/mol. The highest BCUT2D eigenvalue weighted by molar-refractivity contribution is 5.57. The van der Waals surface area contributed by atoms with Gasteiger partial charge in [-0.2, -0.15) is 0 Å². The van der Waals surface area contributed by atoms with Crippen molar-refractivity contribution in [3.05, 3.63) is 24.3 Å². The zero-order valence-electron chi connectivity index (χ0n) is 10.9. The minimum absolute atomic E-state index is 0.527. The van der Waals surface area contributed by atoms with E-state index in [1.54, 1.807) is 0 Å². The molecule has 1 rings (SSSR count). The van der Waals surface area contributed by atoms with Crippen LogP contribution >= 0.6 is 0 Å². The van der Waals surface area contributed by atoms with E-state index in [1.165, 1.54) is 11.4 Å². The summed E-state index contributed by atoms with van der Waals surface area (Å²) in [4.78, 5) is 0. The molecule has 0 fully saturated rings. The summed E-state index contributed by atoms with van der Waals surface area (Å²) in [6.45, 7) is 8.79. The molecule has 0 amide bonds. The Morgan fingerprint density at radius 3 is 1.75 bits per heavy atom. The summed E-state index contributed by atoms with van der Waals surface area (Å²) in [6, 6.07) is 9.56. The van der Waals surface area contributed by atoms with Gasteiger partial charge in [0.25, 0.3) is 0 Å². The maximum Gasteiger partial charge on any atom is 0.0362 e. The van der Waals surface area contributed by atoms with E-state index in [2.05, 4.69) is 62.6 Å². The first-order valence-electron chi connectivity index (χ1n) is 6.28. The van der Waals surface area contributed by atoms with Crippen LogP contribution in [0.3, 0.4) is 0 Å². The molecule has 1 aromatic rings. The van der Waals surface area contributed by atoms with Gasteiger partial charge in [-0.15, -0.1) is 0 Å². The van der Waals surface area contributed by atoms with Gasteiger partial charge in [0.1, 0.15) is 0 Å². The highest BCUT2D eigenvalue weighted by Crippen LogP contribution is 2.17. The lowest BCUT2D eigenvalue weighted by molar-refractivity contribution is 0.760. The number of nitrogens with one attached hydrogen (secondary N) is 2. The molecule has 0 spiro atoms. The predicted molar refractivity (Wildman–Crippen MR) is 73.2 cm³/mol. The Bertz CT molecular complexity index is 282. The second-order valence-corrected chi connectivity index (χ2v) is 4.49. The van der Waals surface area contributed by atoms with Crippen LogP contribution in [0, 0.1) is 0 Å². The van der Waals surface area contributed by atoms with Gasteiger partial charge in [-0.3, -0.25) is 0 Å². The molecule has 2 nitrogen and oxygen atoms in total. The average Bonchev–Trinajstić information content (AvgIpc) is 2.29. The van der Waals surface area contributed by atoms with Crippen LogP contribution in [-0.2, 0) is 0 Å². The first-order valence-corrected chi connectivity index (χ1v) is 6.28. The fraction of sp³-hybridized carbons (Fsp3) is 0.571. The quantitative estimate of drug-likeness (QED) is 0.754. The zero-order valence-corrected chi connectivity index (χ0v) is 10.9. The van der Waals surface area contributed by atoms with Gasteiger partial charge >= 0.3 is 0 Å². The van der Waals surface area contributed by atoms with Crippen LogP contribution in [0.5, 0.6) is 0 Å². The van der Waals surface area contributed by atoms with E-state index < -0.39 is 0 Å². The third-order valence-electron chi connectivity index (χ3n) is 2.91. The molecule has 2 heteroatoms. The normalized spacial score (nSPS) is 14.2. The van der Waals surface area contributed by atoms with Crippen LogP contribution in [0.15, 0.2) is 24.3 Å². The van der Waals surface area contributed by atoms with E-state index in [-0.39, 0.29) is 0 Å². The van der Waals surface area contributed by atoms with Crippen LogP contribution < -0.4 is 10.6 Å². The van der Waals surface area contributed by atoms with Crippen molar-refractivity contribution < 1.29 is 0 Å². The average molecular weight is 220 g/mol. The van der Waals surface area contributed by atoms with Crippen molar-refractivity contribution in [3.8, 4) is 0 Å². The molecule has 16 heavy (non-hydrogen) atoms. The molecule has 90 valence electrons. The number of hydrogen-bond donors (Lipinski definition) is 2. The Hall–Kier alpha value is -1.18. The SMILES string of the molecule is CCC(C)Nc1cccc(NC(C)CC)c1. The molecule has 1 aromatic carbocycles. The van der Waals surface area contributed by atoms with Crippen molar-refractivity contribution in [1.29, 1.82) is 0 Å². The molecule has 0 aliphatic heterocycles. The minimum atomic E-state index is 0.527. The Kier molecular flexibility index (Phi) is 5.17. The van der Waals surface area contributed by atoms with Crippen LogP contribution in [0.1, 0.15) is 40.5 Å². The lowest BCUT2D eigenvalue weighted by Gasteiger charge is -2.16. The minimum Gasteiger partial charge on any atom is -0.383 e. The van der Waals surface area contributed by atoms with Gasteiger partial charge in [0.15, 0.2) is 0 Å². The molecule has 2 atom stereocenters. The van der Waals surface area contributed by atoms with E-state index in [4.69, 9.17) is 0 Å². The molecule has 2 N–H and O–H groups in total. The van der Waals surface area contributed by atoms with Gasteiger partial charge < -0.3 is 10.6 Å². The molecular formula is C14H24N2. The highest BCUT2D eigenvalue weighted by atomic mass is 14.9. The van der Waals surface area contributed by atoms with Gasteiger partial charge in [0.2, 0.25) is 0 Å². The summed E-state index contributed by atoms with van der Waals surface area (Å²) >= 11 is 0. The first-order chi connectivity index (χ1) is 7.65. The van der Waals surface area contributed by atoms with Crippen molar-refractivity contribution in [2.24, 2.45) is 0 Å². The van der Waals surface area contributed by atoms with E-state index in [9.17, 15) is 0 Å². The Morgan fingerprint density at radius 2 is 1.38 bits per heavy atom. The number of benzene rings is 1. The van der Waals surface area contributed by atoms with Gasteiger partial charge in [-0.05, 0) is 44.9 Å². The standard InChI is InChI=1S/C14H24N2/c1-5-11(3)15-13-8-7-9-14(10-13)16-12(4)6-2/h7-12,15-16H,5-6H2,1-4H3. The fourth-order valence-corrected chi connectivity index (χ4v) is 1.47. The van der Waals surface area contributed by atoms with Crippen molar-refractivity contribution in [3.63, 3.8) is 0 Å². The third kappa shape index (κ3) is 4.13. The molecule has 0 aliphatic rings. The van der Waals surface area contributed by atoms with Crippen LogP contribution in [0.2, 0.25) is 0 Å². The van der Waals surface area contributed by atoms with Gasteiger partial charge in [-0.1, -0.05) is 19.9 Å². The fourth-order valence-electron chi connectivity index (χ4n) is 1.47. The molecule has 0 saturated heterocycles. The summed E-state index contributed by atoms with van der Waals surface area (Å²) in [5.74, 6) is 0. The van der Waals surface area contributed by atoms with E-state index >= 15 is 0 Å². The van der Waals surface area contributed by atoms with Gasteiger partial charge in [0, 0.05) is 23.5 Å². The third-order valence-corrected chi connectivity index (χ3v) is 2.91. The molecule has 0 heterocycles. The van der Waals surface area contributed by atoms with E-state index in [0.29, 0.717) is 12.1 Å². The predicted octanol–water partition coefficient (Wildman–Crippen LogP) is 4.11. The van der Waals surface area contributed by atoms with Crippen molar-refractivity contribution >= 4 is 11.4 Å². The van der Waals surface area contributed by atoms with Crippen LogP contribution in [-0.4, -0.2) is 12.1 Å². The number of anilines is 2. The van der Waals surface area contributed by atoms with Gasteiger partial charge in [-0.25, -0.2) is 0 Å². The van der Waals surface area contributed by atoms with Crippen LogP contribution in [0.25, 0.3) is 0 Å². The Labute approximate surface area is 99.5 Å². The summed E-state index contributed by atoms with van der Waals surface area (Å²) in [5.41, 5.74) is 2.39. The lowest BCUT2D eigenvalue weighted by atomic mass is 10.2. The Morgan fingerprint density at radius 1 is 0.938 bits per heavy atom. The van der Waals surface area contributed by atoms with E-state index in [0.717, 1.165) is 12.8 Å². The first kappa shape index (κ1) is 12.9. The van der Waals surface area contributed by atoms with Crippen molar-refractivity contribution in [2.75, 3.05) is 10.6 Å². The molecule has 0 aromatic heterocycles. The van der Waals surface area contributed by atoms with Crippen molar-refractivity contribution in [1.82, 2.24) is 0 Å². The maximum atomic E-state index is 3.48. The largest absolute Gasteiger partial charge is 0.383 e. The van der Waals surface area contributed by atoms with Crippen molar-refractivity contribution in [2.45, 2.75) is 52.6 Å². The second-order valence-electron chi connectivity index (χ2n) is 4.49. The molecular weight excluding hydrogens is 196 g/mol. The summed E-state index contributed by atoms with van der Waals surface area (Å²) in [7, 11) is 0. The molecule has 0 saturated carbocycles. The lowest BCUT2D eigenvalue weighted by Crippen LogP contribution is -2.15. The van der Waals surface area contributed by atoms with Gasteiger partial charge in [0.05, 0.1) is 0 Å². The zero-order chi connectivity index (χ0) is 12.0. The topological polar surface area (TPSA) is 24.1 Å². The highest BCUT2D eigenvalue weighted by Gasteiger charge is 2.01. The molecule has 0 bridgehead atoms. The smallest absolute Gasteiger partial charge is 0.0362 e. The number of rotatable bonds is 6. The summed E-state index contributed by atoms with van der Waals surface area (Å²) in [5, 5.41) is 6.97. The molecule has 2 unspecified atom stereocenters. The van der Waals surface area contributed by atoms with E-state index in [1.807, 2.05) is 0 Å². The number of hydrogen-bond acceptors (Lipinski definition) is 2. The molecule has 0 radical (unpaired) electrons. The Balaban J connectivity index is 2.63. The van der Waals surface area contributed by atoms with Crippen LogP contribution in [0.4, 0.5) is 11.4 Å². The summed E-state index contributed by atoms with van der Waals surface area (Å²) in [6.07, 6.45) is 2.28. The molecule has 0 aliphatic carbocycles. The summed E-state index contributed by atoms with van der Waals surface area (Å²) < 4.78 is 0. The maximum absolute atomic E-state index is 3.48. The second kappa shape index (κ2) is 6.41.